The molecule has 8 nitrogen and oxygen atoms in total. The molecule has 2 atom stereocenters. The lowest BCUT2D eigenvalue weighted by molar-refractivity contribution is -0.144. The molecule has 6 N–H and O–H groups in total. The van der Waals surface area contributed by atoms with E-state index >= 15 is 0 Å². The fourth-order valence-electron chi connectivity index (χ4n) is 1.13. The molecule has 0 spiro atoms. The van der Waals surface area contributed by atoms with E-state index in [9.17, 15) is 15.0 Å². The molecule has 1 aromatic heterocycles. The number of hydrogen-bond acceptors (Lipinski definition) is 8. The quantitative estimate of drug-likeness (QED) is 0.471. The first-order valence-corrected chi connectivity index (χ1v) is 4.76. The Morgan fingerprint density at radius 2 is 2.12 bits per heavy atom. The second-order valence-corrected chi connectivity index (χ2v) is 3.36. The number of anilines is 2. The molecule has 0 aromatic carbocycles. The van der Waals surface area contributed by atoms with Crippen molar-refractivity contribution in [2.24, 2.45) is 0 Å². The van der Waals surface area contributed by atoms with Crippen LogP contribution in [0, 0.1) is 0 Å². The van der Waals surface area contributed by atoms with Gasteiger partial charge in [-0.25, -0.2) is 9.97 Å². The van der Waals surface area contributed by atoms with Gasteiger partial charge in [0.05, 0.1) is 31.5 Å². The Kier molecular flexibility index (Phi) is 4.18. The van der Waals surface area contributed by atoms with Crippen LogP contribution in [0.15, 0.2) is 6.20 Å². The van der Waals surface area contributed by atoms with Crippen LogP contribution in [0.5, 0.6) is 0 Å². The smallest absolute Gasteiger partial charge is 0.308 e. The first-order valence-electron chi connectivity index (χ1n) is 4.76. The highest BCUT2D eigenvalue weighted by molar-refractivity contribution is 5.69. The van der Waals surface area contributed by atoms with Crippen molar-refractivity contribution in [3.8, 4) is 0 Å². The molecule has 0 aliphatic heterocycles. The minimum absolute atomic E-state index is 0.0309. The lowest BCUT2D eigenvalue weighted by Crippen LogP contribution is -2.24. The average molecular weight is 242 g/mol. The molecular formula is C9H14N4O4. The van der Waals surface area contributed by atoms with Crippen LogP contribution in [-0.4, -0.2) is 39.4 Å². The molecule has 0 fully saturated rings. The number of esters is 1. The van der Waals surface area contributed by atoms with E-state index in [1.54, 1.807) is 0 Å². The van der Waals surface area contributed by atoms with E-state index in [2.05, 4.69) is 14.7 Å². The maximum atomic E-state index is 10.9. The first kappa shape index (κ1) is 13.1. The van der Waals surface area contributed by atoms with Crippen molar-refractivity contribution in [2.75, 3.05) is 18.6 Å². The predicted octanol–water partition coefficient (Wildman–Crippen LogP) is -1.40. The third-order valence-electron chi connectivity index (χ3n) is 2.12. The number of nitrogen functional groups attached to an aromatic ring is 2. The van der Waals surface area contributed by atoms with Gasteiger partial charge in [0, 0.05) is 0 Å². The number of aromatic nitrogens is 2. The minimum Gasteiger partial charge on any atom is -0.469 e. The molecule has 1 aromatic rings. The molecule has 2 unspecified atom stereocenters. The highest BCUT2D eigenvalue weighted by atomic mass is 16.5. The van der Waals surface area contributed by atoms with Crippen molar-refractivity contribution >= 4 is 17.6 Å². The Morgan fingerprint density at radius 3 is 2.65 bits per heavy atom. The van der Waals surface area contributed by atoms with Gasteiger partial charge in [-0.15, -0.1) is 0 Å². The topological polar surface area (TPSA) is 145 Å². The summed E-state index contributed by atoms with van der Waals surface area (Å²) in [4.78, 5) is 18.3. The SMILES string of the molecule is COC(=O)CC(O)C(O)c1cnc(N)c(N)n1. The fourth-order valence-corrected chi connectivity index (χ4v) is 1.13. The van der Waals surface area contributed by atoms with Gasteiger partial charge in [0.1, 0.15) is 6.10 Å². The molecule has 0 saturated heterocycles. The van der Waals surface area contributed by atoms with E-state index in [4.69, 9.17) is 11.5 Å². The highest BCUT2D eigenvalue weighted by Crippen LogP contribution is 2.19. The molecule has 0 saturated carbocycles. The number of carbonyl (C=O) groups excluding carboxylic acids is 1. The van der Waals surface area contributed by atoms with Crippen LogP contribution in [0.2, 0.25) is 0 Å². The monoisotopic (exact) mass is 242 g/mol. The van der Waals surface area contributed by atoms with Gasteiger partial charge in [-0.05, 0) is 0 Å². The summed E-state index contributed by atoms with van der Waals surface area (Å²) in [5, 5.41) is 19.2. The van der Waals surface area contributed by atoms with Gasteiger partial charge in [-0.2, -0.15) is 0 Å². The number of hydrogen-bond donors (Lipinski definition) is 4. The van der Waals surface area contributed by atoms with Gasteiger partial charge in [-0.3, -0.25) is 4.79 Å². The number of nitrogens with two attached hydrogens (primary N) is 2. The summed E-state index contributed by atoms with van der Waals surface area (Å²) >= 11 is 0. The lowest BCUT2D eigenvalue weighted by atomic mass is 10.1. The van der Waals surface area contributed by atoms with Crippen LogP contribution in [0.1, 0.15) is 18.2 Å². The zero-order chi connectivity index (χ0) is 13.0. The molecule has 8 heteroatoms. The molecule has 1 heterocycles. The Balaban J connectivity index is 2.77. The van der Waals surface area contributed by atoms with Crippen LogP contribution in [0.4, 0.5) is 11.6 Å². The third-order valence-corrected chi connectivity index (χ3v) is 2.12. The molecule has 17 heavy (non-hydrogen) atoms. The van der Waals surface area contributed by atoms with E-state index in [0.29, 0.717) is 0 Å². The van der Waals surface area contributed by atoms with Crippen LogP contribution in [-0.2, 0) is 9.53 Å². The van der Waals surface area contributed by atoms with Crippen LogP contribution >= 0.6 is 0 Å². The first-order chi connectivity index (χ1) is 7.95. The zero-order valence-corrected chi connectivity index (χ0v) is 9.20. The van der Waals surface area contributed by atoms with Crippen LogP contribution < -0.4 is 11.5 Å². The minimum atomic E-state index is -1.38. The standard InChI is InChI=1S/C9H14N4O4/c1-17-6(15)2-5(14)7(16)4-3-12-8(10)9(11)13-4/h3,5,7,14,16H,2H2,1H3,(H2,10,12)(H2,11,13). The normalized spacial score (nSPS) is 14.1. The second-order valence-electron chi connectivity index (χ2n) is 3.36. The summed E-state index contributed by atoms with van der Waals surface area (Å²) in [7, 11) is 1.18. The van der Waals surface area contributed by atoms with Gasteiger partial charge in [0.2, 0.25) is 0 Å². The molecule has 0 aliphatic carbocycles. The largest absolute Gasteiger partial charge is 0.469 e. The number of aliphatic hydroxyl groups excluding tert-OH is 2. The Morgan fingerprint density at radius 1 is 1.47 bits per heavy atom. The number of aliphatic hydroxyl groups is 2. The second kappa shape index (κ2) is 5.41. The van der Waals surface area contributed by atoms with E-state index < -0.39 is 18.2 Å². The lowest BCUT2D eigenvalue weighted by Gasteiger charge is -2.16. The van der Waals surface area contributed by atoms with Crippen LogP contribution in [0.3, 0.4) is 0 Å². The van der Waals surface area contributed by atoms with Crippen molar-refractivity contribution in [3.05, 3.63) is 11.9 Å². The van der Waals surface area contributed by atoms with E-state index in [0.717, 1.165) is 0 Å². The maximum absolute atomic E-state index is 10.9. The Bertz CT molecular complexity index is 412. The Hall–Kier alpha value is -1.93. The molecule has 0 amide bonds. The van der Waals surface area contributed by atoms with E-state index in [1.165, 1.54) is 13.3 Å². The van der Waals surface area contributed by atoms with Crippen molar-refractivity contribution < 1.29 is 19.7 Å². The predicted molar refractivity (Wildman–Crippen MR) is 58.5 cm³/mol. The van der Waals surface area contributed by atoms with E-state index in [1.807, 2.05) is 0 Å². The fraction of sp³-hybridized carbons (Fsp3) is 0.444. The van der Waals surface area contributed by atoms with Crippen molar-refractivity contribution in [1.82, 2.24) is 9.97 Å². The van der Waals surface area contributed by atoms with Crippen molar-refractivity contribution in [3.63, 3.8) is 0 Å². The number of rotatable bonds is 4. The summed E-state index contributed by atoms with van der Waals surface area (Å²) in [5.74, 6) is -0.664. The number of nitrogens with zero attached hydrogens (tertiary/aromatic N) is 2. The number of carbonyl (C=O) groups is 1. The van der Waals surface area contributed by atoms with Crippen molar-refractivity contribution in [1.29, 1.82) is 0 Å². The Labute approximate surface area is 97.2 Å². The van der Waals surface area contributed by atoms with Gasteiger partial charge < -0.3 is 26.4 Å². The summed E-state index contributed by atoms with van der Waals surface area (Å²) in [6, 6.07) is 0. The number of ether oxygens (including phenoxy) is 1. The van der Waals surface area contributed by atoms with E-state index in [-0.39, 0.29) is 23.8 Å². The molecule has 0 aliphatic rings. The zero-order valence-electron chi connectivity index (χ0n) is 9.20. The van der Waals surface area contributed by atoms with Crippen LogP contribution in [0.25, 0.3) is 0 Å². The average Bonchev–Trinajstić information content (AvgIpc) is 2.31. The molecule has 1 rings (SSSR count). The van der Waals surface area contributed by atoms with Gasteiger partial charge in [-0.1, -0.05) is 0 Å². The maximum Gasteiger partial charge on any atom is 0.308 e. The summed E-state index contributed by atoms with van der Waals surface area (Å²) in [6.07, 6.45) is -1.91. The summed E-state index contributed by atoms with van der Waals surface area (Å²) in [5.41, 5.74) is 10.8. The number of methoxy groups -OCH3 is 1. The molecule has 94 valence electrons. The highest BCUT2D eigenvalue weighted by Gasteiger charge is 2.23. The van der Waals surface area contributed by atoms with Gasteiger partial charge >= 0.3 is 5.97 Å². The van der Waals surface area contributed by atoms with Crippen molar-refractivity contribution in [2.45, 2.75) is 18.6 Å². The summed E-state index contributed by atoms with van der Waals surface area (Å²) in [6.45, 7) is 0. The molecular weight excluding hydrogens is 228 g/mol. The molecule has 0 bridgehead atoms. The third kappa shape index (κ3) is 3.26. The van der Waals surface area contributed by atoms with Gasteiger partial charge in [0.15, 0.2) is 11.6 Å². The van der Waals surface area contributed by atoms with Gasteiger partial charge in [0.25, 0.3) is 0 Å². The summed E-state index contributed by atoms with van der Waals surface area (Å²) < 4.78 is 4.36. The molecule has 0 radical (unpaired) electrons.